The van der Waals surface area contributed by atoms with Crippen LogP contribution in [0.25, 0.3) is 11.0 Å². The number of ether oxygens (including phenoxy) is 1. The second-order valence-electron chi connectivity index (χ2n) is 7.40. The molecule has 1 unspecified atom stereocenters. The van der Waals surface area contributed by atoms with E-state index in [1.165, 1.54) is 24.5 Å². The lowest BCUT2D eigenvalue weighted by Crippen LogP contribution is -2.47. The van der Waals surface area contributed by atoms with Crippen molar-refractivity contribution >= 4 is 16.9 Å². The summed E-state index contributed by atoms with van der Waals surface area (Å²) in [7, 11) is 0. The fourth-order valence-electron chi connectivity index (χ4n) is 3.73. The summed E-state index contributed by atoms with van der Waals surface area (Å²) in [6, 6.07) is 6.67. The average molecular weight is 433 g/mol. The van der Waals surface area contributed by atoms with Gasteiger partial charge in [0.25, 0.3) is 6.43 Å². The highest BCUT2D eigenvalue weighted by Gasteiger charge is 2.25. The molecule has 3 heterocycles. The van der Waals surface area contributed by atoms with Crippen molar-refractivity contribution in [2.24, 2.45) is 0 Å². The monoisotopic (exact) mass is 433 g/mol. The van der Waals surface area contributed by atoms with Gasteiger partial charge in [-0.25, -0.2) is 23.1 Å². The highest BCUT2D eigenvalue weighted by molar-refractivity contribution is 5.86. The van der Waals surface area contributed by atoms with E-state index in [-0.39, 0.29) is 17.2 Å². The molecular weight excluding hydrogens is 411 g/mol. The number of aromatic nitrogens is 3. The van der Waals surface area contributed by atoms with Crippen LogP contribution in [0.5, 0.6) is 0 Å². The van der Waals surface area contributed by atoms with Crippen molar-refractivity contribution in [3.05, 3.63) is 64.0 Å². The lowest BCUT2D eigenvalue weighted by Gasteiger charge is -2.34. The zero-order valence-corrected chi connectivity index (χ0v) is 16.8. The number of rotatable bonds is 6. The number of aromatic amines is 1. The molecule has 2 N–H and O–H groups in total. The summed E-state index contributed by atoms with van der Waals surface area (Å²) in [6.45, 7) is 3.72. The van der Waals surface area contributed by atoms with Gasteiger partial charge < -0.3 is 19.9 Å². The van der Waals surface area contributed by atoms with Crippen molar-refractivity contribution in [3.8, 4) is 0 Å². The van der Waals surface area contributed by atoms with E-state index in [0.29, 0.717) is 37.7 Å². The Balaban J connectivity index is 1.45. The molecule has 3 aromatic rings. The molecule has 1 aromatic carbocycles. The van der Waals surface area contributed by atoms with Crippen LogP contribution in [0.1, 0.15) is 30.5 Å². The first-order valence-electron chi connectivity index (χ1n) is 9.94. The van der Waals surface area contributed by atoms with E-state index in [1.54, 1.807) is 13.0 Å². The normalized spacial score (nSPS) is 18.0. The number of nitrogens with zero attached hydrogens (tertiary/aromatic N) is 3. The molecule has 2 aromatic heterocycles. The Labute approximate surface area is 176 Å². The van der Waals surface area contributed by atoms with Gasteiger partial charge in [-0.2, -0.15) is 0 Å². The van der Waals surface area contributed by atoms with Gasteiger partial charge in [0.1, 0.15) is 23.6 Å². The molecule has 0 spiro atoms. The molecule has 1 aliphatic rings. The van der Waals surface area contributed by atoms with Crippen LogP contribution in [-0.2, 0) is 4.74 Å². The van der Waals surface area contributed by atoms with Crippen molar-refractivity contribution in [2.45, 2.75) is 25.5 Å². The van der Waals surface area contributed by atoms with Gasteiger partial charge in [0.2, 0.25) is 5.56 Å². The number of alkyl halides is 2. The average Bonchev–Trinajstić information content (AvgIpc) is 2.77. The second kappa shape index (κ2) is 9.03. The Morgan fingerprint density at radius 2 is 2.06 bits per heavy atom. The van der Waals surface area contributed by atoms with Gasteiger partial charge in [-0.3, -0.25) is 4.79 Å². The maximum Gasteiger partial charge on any atom is 0.266 e. The standard InChI is InChI=1S/C21H22F3N5O2/c1-12(14-3-2-4-15(18(14)22)19(23)24)25-9-13-10-29(7-8-31-13)21-16-5-6-17(30)28-20(16)26-11-27-21/h2-6,11-13,19,25H,7-10H2,1H3,(H,26,27,28,30)/t12-,13?/m1/s1. The van der Waals surface area contributed by atoms with Crippen LogP contribution < -0.4 is 15.8 Å². The molecule has 1 aliphatic heterocycles. The first-order chi connectivity index (χ1) is 14.9. The first-order valence-corrected chi connectivity index (χ1v) is 9.94. The number of nitrogens with one attached hydrogen (secondary N) is 2. The zero-order valence-electron chi connectivity index (χ0n) is 16.8. The summed E-state index contributed by atoms with van der Waals surface area (Å²) in [5.41, 5.74) is -0.184. The van der Waals surface area contributed by atoms with E-state index in [0.717, 1.165) is 11.5 Å². The van der Waals surface area contributed by atoms with Crippen molar-refractivity contribution in [2.75, 3.05) is 31.1 Å². The van der Waals surface area contributed by atoms with Crippen LogP contribution in [-0.4, -0.2) is 47.3 Å². The SMILES string of the molecule is C[C@@H](NCC1CN(c2ncnc3[nH]c(=O)ccc23)CCO1)c1cccc(C(F)F)c1F. The molecule has 10 heteroatoms. The Morgan fingerprint density at radius 1 is 1.26 bits per heavy atom. The number of pyridine rings is 1. The highest BCUT2D eigenvalue weighted by atomic mass is 19.3. The fourth-order valence-corrected chi connectivity index (χ4v) is 3.73. The van der Waals surface area contributed by atoms with Gasteiger partial charge >= 0.3 is 0 Å². The minimum Gasteiger partial charge on any atom is -0.373 e. The van der Waals surface area contributed by atoms with Crippen LogP contribution in [0.3, 0.4) is 0 Å². The molecule has 164 valence electrons. The third-order valence-corrected chi connectivity index (χ3v) is 5.36. The maximum atomic E-state index is 14.4. The Kier molecular flexibility index (Phi) is 6.19. The molecule has 0 aliphatic carbocycles. The smallest absolute Gasteiger partial charge is 0.266 e. The van der Waals surface area contributed by atoms with E-state index >= 15 is 0 Å². The van der Waals surface area contributed by atoms with Gasteiger partial charge in [-0.1, -0.05) is 18.2 Å². The minimum atomic E-state index is -2.86. The van der Waals surface area contributed by atoms with Gasteiger partial charge in [0, 0.05) is 37.3 Å². The number of hydrogen-bond acceptors (Lipinski definition) is 6. The second-order valence-corrected chi connectivity index (χ2v) is 7.40. The number of halogens is 3. The number of fused-ring (bicyclic) bond motifs is 1. The molecule has 1 saturated heterocycles. The summed E-state index contributed by atoms with van der Waals surface area (Å²) in [5, 5.41) is 3.91. The van der Waals surface area contributed by atoms with Crippen LogP contribution in [0, 0.1) is 5.82 Å². The predicted octanol–water partition coefficient (Wildman–Crippen LogP) is 2.95. The Hall–Kier alpha value is -2.98. The quantitative estimate of drug-likeness (QED) is 0.622. The summed E-state index contributed by atoms with van der Waals surface area (Å²) < 4.78 is 46.2. The third kappa shape index (κ3) is 4.54. The molecule has 31 heavy (non-hydrogen) atoms. The molecule has 0 bridgehead atoms. The topological polar surface area (TPSA) is 83.1 Å². The maximum absolute atomic E-state index is 14.4. The third-order valence-electron chi connectivity index (χ3n) is 5.36. The number of H-pyrrole nitrogens is 1. The Bertz CT molecular complexity index is 1120. The number of hydrogen-bond donors (Lipinski definition) is 2. The van der Waals surface area contributed by atoms with E-state index < -0.39 is 23.8 Å². The van der Waals surface area contributed by atoms with Crippen LogP contribution >= 0.6 is 0 Å². The Morgan fingerprint density at radius 3 is 2.87 bits per heavy atom. The predicted molar refractivity (Wildman–Crippen MR) is 110 cm³/mol. The summed E-state index contributed by atoms with van der Waals surface area (Å²) in [6.07, 6.45) is -1.68. The van der Waals surface area contributed by atoms with E-state index in [9.17, 15) is 18.0 Å². The lowest BCUT2D eigenvalue weighted by atomic mass is 10.0. The molecule has 0 saturated carbocycles. The number of anilines is 1. The van der Waals surface area contributed by atoms with E-state index in [2.05, 4.69) is 20.3 Å². The lowest BCUT2D eigenvalue weighted by molar-refractivity contribution is 0.0392. The van der Waals surface area contributed by atoms with Gasteiger partial charge in [-0.15, -0.1) is 0 Å². The minimum absolute atomic E-state index is 0.191. The van der Waals surface area contributed by atoms with E-state index in [4.69, 9.17) is 4.74 Å². The number of benzene rings is 1. The van der Waals surface area contributed by atoms with Gasteiger partial charge in [0.05, 0.1) is 23.7 Å². The number of morpholine rings is 1. The molecule has 0 amide bonds. The van der Waals surface area contributed by atoms with Crippen molar-refractivity contribution in [1.29, 1.82) is 0 Å². The zero-order chi connectivity index (χ0) is 22.0. The molecule has 2 atom stereocenters. The van der Waals surface area contributed by atoms with Crippen LogP contribution in [0.2, 0.25) is 0 Å². The molecular formula is C21H22F3N5O2. The summed E-state index contributed by atoms with van der Waals surface area (Å²) in [4.78, 5) is 24.8. The molecule has 4 rings (SSSR count). The summed E-state index contributed by atoms with van der Waals surface area (Å²) >= 11 is 0. The van der Waals surface area contributed by atoms with Crippen molar-refractivity contribution in [1.82, 2.24) is 20.3 Å². The van der Waals surface area contributed by atoms with E-state index in [1.807, 2.05) is 4.90 Å². The van der Waals surface area contributed by atoms with Gasteiger partial charge in [0.15, 0.2) is 0 Å². The molecule has 0 radical (unpaired) electrons. The fraction of sp³-hybridized carbons (Fsp3) is 0.381. The molecule has 7 nitrogen and oxygen atoms in total. The summed E-state index contributed by atoms with van der Waals surface area (Å²) in [5.74, 6) is -0.191. The molecule has 1 fully saturated rings. The van der Waals surface area contributed by atoms with Crippen LogP contribution in [0.4, 0.5) is 19.0 Å². The van der Waals surface area contributed by atoms with Gasteiger partial charge in [-0.05, 0) is 13.0 Å². The highest BCUT2D eigenvalue weighted by Crippen LogP contribution is 2.27. The first kappa shape index (κ1) is 21.3. The van der Waals surface area contributed by atoms with Crippen LogP contribution in [0.15, 0.2) is 41.5 Å². The van der Waals surface area contributed by atoms with Crippen molar-refractivity contribution in [3.63, 3.8) is 0 Å². The largest absolute Gasteiger partial charge is 0.373 e. The van der Waals surface area contributed by atoms with Crippen molar-refractivity contribution < 1.29 is 17.9 Å².